The summed E-state index contributed by atoms with van der Waals surface area (Å²) in [6.07, 6.45) is 0.842. The third-order valence-electron chi connectivity index (χ3n) is 3.88. The molecule has 1 aromatic carbocycles. The van der Waals surface area contributed by atoms with E-state index in [9.17, 15) is 4.79 Å². The Labute approximate surface area is 123 Å². The number of nitrogens with zero attached hydrogens (tertiary/aromatic N) is 1. The number of rotatable bonds is 2. The lowest BCUT2D eigenvalue weighted by Crippen LogP contribution is -2.34. The Morgan fingerprint density at radius 2 is 2.19 bits per heavy atom. The SMILES string of the molecule is CC(C)=NCC1(C)Cc2cc(C)c3[nH]c(=O)ccc3c2O1. The van der Waals surface area contributed by atoms with Crippen LogP contribution in [0.25, 0.3) is 10.9 Å². The fraction of sp³-hybridized carbons (Fsp3) is 0.412. The summed E-state index contributed by atoms with van der Waals surface area (Å²) >= 11 is 0. The summed E-state index contributed by atoms with van der Waals surface area (Å²) in [5.41, 5.74) is 3.79. The maximum absolute atomic E-state index is 11.5. The van der Waals surface area contributed by atoms with Crippen molar-refractivity contribution in [1.29, 1.82) is 0 Å². The van der Waals surface area contributed by atoms with Crippen LogP contribution < -0.4 is 10.3 Å². The molecule has 2 heterocycles. The van der Waals surface area contributed by atoms with Crippen LogP contribution in [-0.4, -0.2) is 22.8 Å². The van der Waals surface area contributed by atoms with Crippen molar-refractivity contribution in [3.8, 4) is 5.75 Å². The van der Waals surface area contributed by atoms with Gasteiger partial charge < -0.3 is 9.72 Å². The van der Waals surface area contributed by atoms with E-state index in [1.807, 2.05) is 26.8 Å². The minimum atomic E-state index is -0.309. The number of fused-ring (bicyclic) bond motifs is 3. The molecule has 0 amide bonds. The monoisotopic (exact) mass is 284 g/mol. The third kappa shape index (κ3) is 2.46. The number of H-pyrrole nitrogens is 1. The molecule has 0 fully saturated rings. The van der Waals surface area contributed by atoms with E-state index in [1.165, 1.54) is 5.56 Å². The Balaban J connectivity index is 2.09. The molecule has 110 valence electrons. The van der Waals surface area contributed by atoms with Crippen LogP contribution in [-0.2, 0) is 6.42 Å². The Bertz CT molecular complexity index is 800. The third-order valence-corrected chi connectivity index (χ3v) is 3.88. The van der Waals surface area contributed by atoms with Crippen LogP contribution in [0.4, 0.5) is 0 Å². The molecule has 1 atom stereocenters. The maximum Gasteiger partial charge on any atom is 0.248 e. The highest BCUT2D eigenvalue weighted by Crippen LogP contribution is 2.41. The smallest absolute Gasteiger partial charge is 0.248 e. The molecular formula is C17H20N2O2. The number of aryl methyl sites for hydroxylation is 1. The number of pyridine rings is 1. The van der Waals surface area contributed by atoms with Crippen molar-refractivity contribution >= 4 is 16.6 Å². The zero-order valence-electron chi connectivity index (χ0n) is 12.9. The molecule has 0 saturated heterocycles. The molecule has 21 heavy (non-hydrogen) atoms. The van der Waals surface area contributed by atoms with Crippen molar-refractivity contribution in [2.45, 2.75) is 39.7 Å². The van der Waals surface area contributed by atoms with E-state index in [1.54, 1.807) is 6.07 Å². The van der Waals surface area contributed by atoms with Crippen LogP contribution in [0, 0.1) is 6.92 Å². The first kappa shape index (κ1) is 13.9. The highest BCUT2D eigenvalue weighted by molar-refractivity contribution is 5.89. The molecule has 0 spiro atoms. The van der Waals surface area contributed by atoms with Gasteiger partial charge >= 0.3 is 0 Å². The van der Waals surface area contributed by atoms with Gasteiger partial charge in [0.2, 0.25) is 5.56 Å². The standard InChI is InChI=1S/C17H20N2O2/c1-10(2)18-9-17(4)8-12-7-11(3)15-13(16(12)21-17)5-6-14(20)19-15/h5-7H,8-9H2,1-4H3,(H,19,20). The summed E-state index contributed by atoms with van der Waals surface area (Å²) in [5, 5.41) is 0.977. The zero-order valence-corrected chi connectivity index (χ0v) is 12.9. The predicted molar refractivity (Wildman–Crippen MR) is 85.7 cm³/mol. The highest BCUT2D eigenvalue weighted by Gasteiger charge is 2.36. The Morgan fingerprint density at radius 3 is 2.90 bits per heavy atom. The van der Waals surface area contributed by atoms with Crippen LogP contribution >= 0.6 is 0 Å². The van der Waals surface area contributed by atoms with Gasteiger partial charge in [-0.05, 0) is 44.9 Å². The molecule has 0 radical (unpaired) electrons. The molecule has 1 unspecified atom stereocenters. The quantitative estimate of drug-likeness (QED) is 0.862. The van der Waals surface area contributed by atoms with Gasteiger partial charge in [0.25, 0.3) is 0 Å². The van der Waals surface area contributed by atoms with Crippen LogP contribution in [0.5, 0.6) is 5.75 Å². The number of ether oxygens (including phenoxy) is 1. The fourth-order valence-electron chi connectivity index (χ4n) is 2.90. The number of hydrogen-bond donors (Lipinski definition) is 1. The highest BCUT2D eigenvalue weighted by atomic mass is 16.5. The van der Waals surface area contributed by atoms with Crippen LogP contribution in [0.15, 0.2) is 28.0 Å². The fourth-order valence-corrected chi connectivity index (χ4v) is 2.90. The molecular weight excluding hydrogens is 264 g/mol. The second-order valence-corrected chi connectivity index (χ2v) is 6.29. The summed E-state index contributed by atoms with van der Waals surface area (Å²) in [7, 11) is 0. The average Bonchev–Trinajstić information content (AvgIpc) is 2.74. The lowest BCUT2D eigenvalue weighted by molar-refractivity contribution is 0.128. The van der Waals surface area contributed by atoms with Crippen molar-refractivity contribution < 1.29 is 4.74 Å². The zero-order chi connectivity index (χ0) is 15.2. The molecule has 0 aliphatic carbocycles. The Kier molecular flexibility index (Phi) is 3.12. The van der Waals surface area contributed by atoms with Gasteiger partial charge in [-0.3, -0.25) is 9.79 Å². The number of aromatic amines is 1. The van der Waals surface area contributed by atoms with Crippen LogP contribution in [0.2, 0.25) is 0 Å². The van der Waals surface area contributed by atoms with Crippen LogP contribution in [0.1, 0.15) is 31.9 Å². The van der Waals surface area contributed by atoms with Crippen molar-refractivity contribution in [1.82, 2.24) is 4.98 Å². The Morgan fingerprint density at radius 1 is 1.43 bits per heavy atom. The van der Waals surface area contributed by atoms with E-state index < -0.39 is 0 Å². The van der Waals surface area contributed by atoms with E-state index >= 15 is 0 Å². The van der Waals surface area contributed by atoms with Gasteiger partial charge in [-0.2, -0.15) is 0 Å². The van der Waals surface area contributed by atoms with Crippen molar-refractivity contribution in [3.63, 3.8) is 0 Å². The van der Waals surface area contributed by atoms with Crippen molar-refractivity contribution in [2.75, 3.05) is 6.54 Å². The van der Waals surface area contributed by atoms with Crippen molar-refractivity contribution in [2.24, 2.45) is 4.99 Å². The first-order valence-electron chi connectivity index (χ1n) is 7.20. The molecule has 0 saturated carbocycles. The molecule has 0 bridgehead atoms. The van der Waals surface area contributed by atoms with Gasteiger partial charge in [0.1, 0.15) is 11.4 Å². The first-order valence-corrected chi connectivity index (χ1v) is 7.20. The molecule has 1 aliphatic heterocycles. The lowest BCUT2D eigenvalue weighted by atomic mass is 9.97. The molecule has 1 aliphatic rings. The molecule has 3 rings (SSSR count). The van der Waals surface area contributed by atoms with Crippen LogP contribution in [0.3, 0.4) is 0 Å². The topological polar surface area (TPSA) is 54.5 Å². The number of aliphatic imine (C=N–C) groups is 1. The first-order chi connectivity index (χ1) is 9.88. The summed E-state index contributed by atoms with van der Waals surface area (Å²) in [5.74, 6) is 0.887. The molecule has 2 aromatic rings. The van der Waals surface area contributed by atoms with E-state index in [4.69, 9.17) is 4.74 Å². The lowest BCUT2D eigenvalue weighted by Gasteiger charge is -2.22. The predicted octanol–water partition coefficient (Wildman–Crippen LogP) is 3.01. The number of aromatic nitrogens is 1. The van der Waals surface area contributed by atoms with Gasteiger partial charge in [-0.25, -0.2) is 0 Å². The van der Waals surface area contributed by atoms with E-state index in [0.717, 1.165) is 34.3 Å². The maximum atomic E-state index is 11.5. The van der Waals surface area contributed by atoms with E-state index in [0.29, 0.717) is 6.54 Å². The summed E-state index contributed by atoms with van der Waals surface area (Å²) in [6, 6.07) is 5.51. The second kappa shape index (κ2) is 4.72. The molecule has 4 heteroatoms. The summed E-state index contributed by atoms with van der Waals surface area (Å²) < 4.78 is 6.22. The second-order valence-electron chi connectivity index (χ2n) is 6.29. The van der Waals surface area contributed by atoms with Gasteiger partial charge in [-0.1, -0.05) is 6.07 Å². The Hall–Kier alpha value is -2.10. The number of benzene rings is 1. The van der Waals surface area contributed by atoms with E-state index in [2.05, 4.69) is 23.0 Å². The summed E-state index contributed by atoms with van der Waals surface area (Å²) in [6.45, 7) is 8.74. The minimum Gasteiger partial charge on any atom is -0.484 e. The summed E-state index contributed by atoms with van der Waals surface area (Å²) in [4.78, 5) is 18.9. The normalized spacial score (nSPS) is 20.2. The molecule has 1 aromatic heterocycles. The average molecular weight is 284 g/mol. The van der Waals surface area contributed by atoms with Gasteiger partial charge in [0.15, 0.2) is 0 Å². The van der Waals surface area contributed by atoms with Gasteiger partial charge in [-0.15, -0.1) is 0 Å². The minimum absolute atomic E-state index is 0.0856. The van der Waals surface area contributed by atoms with Crippen molar-refractivity contribution in [3.05, 3.63) is 39.7 Å². The van der Waals surface area contributed by atoms with Gasteiger partial charge in [0, 0.05) is 23.6 Å². The number of nitrogens with one attached hydrogen (secondary N) is 1. The molecule has 4 nitrogen and oxygen atoms in total. The van der Waals surface area contributed by atoms with Gasteiger partial charge in [0.05, 0.1) is 12.1 Å². The molecule has 1 N–H and O–H groups in total. The van der Waals surface area contributed by atoms with E-state index in [-0.39, 0.29) is 11.2 Å². The number of hydrogen-bond acceptors (Lipinski definition) is 3. The largest absolute Gasteiger partial charge is 0.484 e.